The van der Waals surface area contributed by atoms with Crippen molar-refractivity contribution in [2.45, 2.75) is 31.8 Å². The van der Waals surface area contributed by atoms with Gasteiger partial charge in [-0.3, -0.25) is 19.2 Å². The molecule has 0 heterocycles. The summed E-state index contributed by atoms with van der Waals surface area (Å²) in [6.07, 6.45) is 1.94. The second kappa shape index (κ2) is 16.2. The first kappa shape index (κ1) is 28.4. The van der Waals surface area contributed by atoms with E-state index in [0.29, 0.717) is 12.1 Å². The van der Waals surface area contributed by atoms with E-state index in [2.05, 4.69) is 5.32 Å². The van der Waals surface area contributed by atoms with Crippen molar-refractivity contribution >= 4 is 41.3 Å². The van der Waals surface area contributed by atoms with Crippen LogP contribution in [0, 0.1) is 0 Å². The number of carboxylic acids is 3. The number of hydrogen-bond acceptors (Lipinski definition) is 8. The molecule has 0 aromatic heterocycles. The summed E-state index contributed by atoms with van der Waals surface area (Å²) in [5.74, 6) is -2.52. The number of anilines is 1. The highest BCUT2D eigenvalue weighted by molar-refractivity contribution is 7.98. The van der Waals surface area contributed by atoms with Gasteiger partial charge in [-0.25, -0.2) is 0 Å². The van der Waals surface area contributed by atoms with Crippen LogP contribution in [0.3, 0.4) is 0 Å². The van der Waals surface area contributed by atoms with Crippen LogP contribution in [0.15, 0.2) is 24.3 Å². The number of benzene rings is 1. The number of thioether (sulfide) groups is 1. The van der Waals surface area contributed by atoms with Crippen molar-refractivity contribution in [2.24, 2.45) is 11.5 Å². The molecule has 0 unspecified atom stereocenters. The van der Waals surface area contributed by atoms with Gasteiger partial charge in [0.05, 0.1) is 6.42 Å². The number of carbonyl (C=O) groups is 4. The summed E-state index contributed by atoms with van der Waals surface area (Å²) >= 11 is 1.60. The zero-order valence-electron chi connectivity index (χ0n) is 16.1. The average molecular weight is 433 g/mol. The van der Waals surface area contributed by atoms with Gasteiger partial charge < -0.3 is 37.2 Å². The van der Waals surface area contributed by atoms with Gasteiger partial charge in [-0.05, 0) is 42.7 Å². The van der Waals surface area contributed by atoms with Crippen molar-refractivity contribution in [1.82, 2.24) is 0 Å². The van der Waals surface area contributed by atoms with Gasteiger partial charge >= 0.3 is 17.9 Å². The minimum absolute atomic E-state index is 0.115. The molecule has 1 aromatic carbocycles. The zero-order chi connectivity index (χ0) is 23.0. The number of aromatic hydroxyl groups is 1. The Bertz CT molecular complexity index is 655. The molecule has 164 valence electrons. The highest BCUT2D eigenvalue weighted by Crippen LogP contribution is 2.13. The van der Waals surface area contributed by atoms with E-state index in [9.17, 15) is 19.2 Å². The van der Waals surface area contributed by atoms with E-state index < -0.39 is 36.4 Å². The largest absolute Gasteiger partial charge is 0.508 e. The number of phenolic OH excluding ortho intramolecular Hbond substituents is 1. The Kier molecular flexibility index (Phi) is 15.8. The van der Waals surface area contributed by atoms with Gasteiger partial charge in [-0.15, -0.1) is 0 Å². The van der Waals surface area contributed by atoms with Crippen LogP contribution in [0.4, 0.5) is 5.69 Å². The molecule has 0 aliphatic heterocycles. The van der Waals surface area contributed by atoms with Crippen LogP contribution >= 0.6 is 11.8 Å². The van der Waals surface area contributed by atoms with Crippen molar-refractivity contribution in [3.8, 4) is 5.75 Å². The number of aliphatic carboxylic acids is 3. The van der Waals surface area contributed by atoms with Crippen molar-refractivity contribution in [1.29, 1.82) is 0 Å². The summed E-state index contributed by atoms with van der Waals surface area (Å²) in [5, 5.41) is 35.8. The molecule has 0 bridgehead atoms. The van der Waals surface area contributed by atoms with Crippen molar-refractivity contribution < 1.29 is 39.6 Å². The number of carbonyl (C=O) groups excluding carboxylic acids is 1. The van der Waals surface area contributed by atoms with E-state index in [1.807, 2.05) is 6.26 Å². The minimum atomic E-state index is -1.29. The van der Waals surface area contributed by atoms with Crippen LogP contribution in [0.2, 0.25) is 0 Å². The molecule has 0 spiro atoms. The predicted molar refractivity (Wildman–Crippen MR) is 109 cm³/mol. The van der Waals surface area contributed by atoms with Crippen LogP contribution in [0.5, 0.6) is 5.75 Å². The fourth-order valence-electron chi connectivity index (χ4n) is 1.39. The van der Waals surface area contributed by atoms with Gasteiger partial charge in [0.1, 0.15) is 17.8 Å². The SMILES string of the molecule is CC(=O)Nc1ccc(O)cc1.CSCC[C@H](N)C(=O)O.N[C@@H](CC(=O)O)C(=O)O. The molecule has 29 heavy (non-hydrogen) atoms. The zero-order valence-corrected chi connectivity index (χ0v) is 16.9. The quantitative estimate of drug-likeness (QED) is 0.278. The normalized spacial score (nSPS) is 11.4. The molecule has 0 aliphatic carbocycles. The van der Waals surface area contributed by atoms with E-state index in [1.165, 1.54) is 19.1 Å². The van der Waals surface area contributed by atoms with Gasteiger partial charge in [0, 0.05) is 12.6 Å². The third-order valence-corrected chi connectivity index (χ3v) is 3.49. The van der Waals surface area contributed by atoms with E-state index >= 15 is 0 Å². The average Bonchev–Trinajstić information content (AvgIpc) is 2.61. The number of phenols is 1. The Morgan fingerprint density at radius 3 is 1.79 bits per heavy atom. The minimum Gasteiger partial charge on any atom is -0.508 e. The van der Waals surface area contributed by atoms with Gasteiger partial charge in [-0.2, -0.15) is 11.8 Å². The Balaban J connectivity index is 0. The van der Waals surface area contributed by atoms with Gasteiger partial charge in [-0.1, -0.05) is 0 Å². The topological polar surface area (TPSA) is 213 Å². The number of amides is 1. The third-order valence-electron chi connectivity index (χ3n) is 2.85. The highest BCUT2D eigenvalue weighted by atomic mass is 32.2. The molecule has 0 saturated heterocycles. The van der Waals surface area contributed by atoms with E-state index in [-0.39, 0.29) is 11.7 Å². The molecule has 0 fully saturated rings. The molecule has 0 saturated carbocycles. The van der Waals surface area contributed by atoms with E-state index in [1.54, 1.807) is 23.9 Å². The van der Waals surface area contributed by atoms with Crippen molar-refractivity contribution in [3.63, 3.8) is 0 Å². The number of carboxylic acid groups (broad SMARTS) is 3. The van der Waals surface area contributed by atoms with Crippen molar-refractivity contribution in [2.75, 3.05) is 17.3 Å². The first-order chi connectivity index (χ1) is 13.4. The molecule has 0 radical (unpaired) electrons. The molecule has 1 aromatic rings. The number of hydrogen-bond donors (Lipinski definition) is 7. The maximum atomic E-state index is 10.5. The number of nitrogens with one attached hydrogen (secondary N) is 1. The summed E-state index contributed by atoms with van der Waals surface area (Å²) in [4.78, 5) is 40.2. The van der Waals surface area contributed by atoms with Crippen molar-refractivity contribution in [3.05, 3.63) is 24.3 Å². The van der Waals surface area contributed by atoms with Crippen LogP contribution < -0.4 is 16.8 Å². The molecule has 1 rings (SSSR count). The number of rotatable bonds is 8. The molecule has 9 N–H and O–H groups in total. The predicted octanol–water partition coefficient (Wildman–Crippen LogP) is 0.375. The summed E-state index contributed by atoms with van der Waals surface area (Å²) in [6, 6.07) is 4.34. The molecule has 2 atom stereocenters. The lowest BCUT2D eigenvalue weighted by Crippen LogP contribution is -2.32. The van der Waals surface area contributed by atoms with Gasteiger partial charge in [0.2, 0.25) is 5.91 Å². The fraction of sp³-hybridized carbons (Fsp3) is 0.412. The first-order valence-electron chi connectivity index (χ1n) is 8.14. The summed E-state index contributed by atoms with van der Waals surface area (Å²) < 4.78 is 0. The highest BCUT2D eigenvalue weighted by Gasteiger charge is 2.14. The van der Waals surface area contributed by atoms with Crippen LogP contribution in [0.1, 0.15) is 19.8 Å². The smallest absolute Gasteiger partial charge is 0.321 e. The van der Waals surface area contributed by atoms with Gasteiger partial charge in [0.25, 0.3) is 0 Å². The maximum Gasteiger partial charge on any atom is 0.321 e. The van der Waals surface area contributed by atoms with E-state index in [0.717, 1.165) is 5.75 Å². The third kappa shape index (κ3) is 18.3. The Morgan fingerprint density at radius 1 is 1.00 bits per heavy atom. The summed E-state index contributed by atoms with van der Waals surface area (Å²) in [7, 11) is 0. The second-order valence-corrected chi connectivity index (χ2v) is 6.48. The maximum absolute atomic E-state index is 10.5. The van der Waals surface area contributed by atoms with Crippen LogP contribution in [-0.4, -0.2) is 68.3 Å². The Hall–Kier alpha value is -2.83. The molecular weight excluding hydrogens is 406 g/mol. The molecule has 0 aliphatic rings. The molecule has 11 nitrogen and oxygen atoms in total. The lowest BCUT2D eigenvalue weighted by molar-refractivity contribution is -0.144. The second-order valence-electron chi connectivity index (χ2n) is 5.50. The lowest BCUT2D eigenvalue weighted by Gasteiger charge is -2.02. The lowest BCUT2D eigenvalue weighted by atomic mass is 10.2. The van der Waals surface area contributed by atoms with E-state index in [4.69, 9.17) is 31.9 Å². The van der Waals surface area contributed by atoms with Gasteiger partial charge in [0.15, 0.2) is 0 Å². The Morgan fingerprint density at radius 2 is 1.48 bits per heavy atom. The van der Waals surface area contributed by atoms with Crippen LogP contribution in [-0.2, 0) is 19.2 Å². The molecule has 1 amide bonds. The first-order valence-corrected chi connectivity index (χ1v) is 9.54. The summed E-state index contributed by atoms with van der Waals surface area (Å²) in [6.45, 7) is 1.44. The Labute approximate surface area is 172 Å². The molecular formula is C17H27N3O8S. The standard InChI is InChI=1S/C8H9NO2.C5H11NO2S.C4H7NO4/c1-6(10)9-7-2-4-8(11)5-3-7;1-9-3-2-4(6)5(7)8;5-2(4(8)9)1-3(6)7/h2-5,11H,1H3,(H,9,10);4H,2-3,6H2,1H3,(H,7,8);2H,1,5H2,(H,6,7)(H,8,9)/t;4-;2-/m.00/s1. The molecule has 12 heteroatoms. The summed E-state index contributed by atoms with van der Waals surface area (Å²) in [5.41, 5.74) is 10.7. The fourth-order valence-corrected chi connectivity index (χ4v) is 1.88. The van der Waals surface area contributed by atoms with Crippen LogP contribution in [0.25, 0.3) is 0 Å². The monoisotopic (exact) mass is 433 g/mol. The number of nitrogens with two attached hydrogens (primary N) is 2.